The molecule has 4 N–H and O–H groups in total. The van der Waals surface area contributed by atoms with Crippen molar-refractivity contribution in [2.45, 2.75) is 30.2 Å². The van der Waals surface area contributed by atoms with Crippen molar-refractivity contribution in [3.8, 4) is 0 Å². The Balaban J connectivity index is 2.35. The molecule has 7 heteroatoms. The number of nitrogens with two attached hydrogens (primary N) is 1. The molecule has 0 saturated carbocycles. The standard InChI is InChI=1S/C13H20N2O4S/c1-10-3-2-4-11(14)12(10)20(17,18)15-13(9-16)5-7-19-8-6-13/h2-4,15-16H,5-9,14H2,1H3. The van der Waals surface area contributed by atoms with E-state index < -0.39 is 15.6 Å². The van der Waals surface area contributed by atoms with E-state index in [4.69, 9.17) is 10.5 Å². The van der Waals surface area contributed by atoms with Gasteiger partial charge in [-0.3, -0.25) is 0 Å². The van der Waals surface area contributed by atoms with Gasteiger partial charge in [-0.15, -0.1) is 0 Å². The Morgan fingerprint density at radius 1 is 1.40 bits per heavy atom. The maximum Gasteiger partial charge on any atom is 0.243 e. The summed E-state index contributed by atoms with van der Waals surface area (Å²) in [5.74, 6) is 0. The predicted octanol–water partition coefficient (Wildman–Crippen LogP) is 0.397. The maximum atomic E-state index is 12.6. The summed E-state index contributed by atoms with van der Waals surface area (Å²) >= 11 is 0. The fraction of sp³-hybridized carbons (Fsp3) is 0.538. The summed E-state index contributed by atoms with van der Waals surface area (Å²) in [6, 6.07) is 4.96. The Morgan fingerprint density at radius 3 is 2.60 bits per heavy atom. The average Bonchev–Trinajstić information content (AvgIpc) is 2.38. The van der Waals surface area contributed by atoms with Gasteiger partial charge in [0.15, 0.2) is 0 Å². The van der Waals surface area contributed by atoms with E-state index in [1.807, 2.05) is 0 Å². The molecule has 0 bridgehead atoms. The molecule has 1 fully saturated rings. The first kappa shape index (κ1) is 15.2. The van der Waals surface area contributed by atoms with Crippen LogP contribution in [-0.2, 0) is 14.8 Å². The maximum absolute atomic E-state index is 12.6. The van der Waals surface area contributed by atoms with Crippen molar-refractivity contribution in [1.29, 1.82) is 0 Å². The van der Waals surface area contributed by atoms with Crippen LogP contribution in [0.1, 0.15) is 18.4 Å². The molecule has 1 aliphatic heterocycles. The zero-order chi connectivity index (χ0) is 14.8. The van der Waals surface area contributed by atoms with Crippen LogP contribution >= 0.6 is 0 Å². The van der Waals surface area contributed by atoms with Crippen LogP contribution in [0.3, 0.4) is 0 Å². The van der Waals surface area contributed by atoms with Gasteiger partial charge in [0.2, 0.25) is 10.0 Å². The van der Waals surface area contributed by atoms with Crippen LogP contribution in [0.4, 0.5) is 5.69 Å². The van der Waals surface area contributed by atoms with Gasteiger partial charge in [0.05, 0.1) is 17.8 Å². The number of nitrogen functional groups attached to an aromatic ring is 1. The highest BCUT2D eigenvalue weighted by atomic mass is 32.2. The molecule has 1 aromatic carbocycles. The normalized spacial score (nSPS) is 18.9. The summed E-state index contributed by atoms with van der Waals surface area (Å²) in [7, 11) is -3.78. The molecule has 0 unspecified atom stereocenters. The molecular weight excluding hydrogens is 280 g/mol. The van der Waals surface area contributed by atoms with Gasteiger partial charge in [-0.25, -0.2) is 13.1 Å². The van der Waals surface area contributed by atoms with Crippen LogP contribution in [0.2, 0.25) is 0 Å². The number of sulfonamides is 1. The lowest BCUT2D eigenvalue weighted by molar-refractivity contribution is 0.0223. The lowest BCUT2D eigenvalue weighted by Gasteiger charge is -2.36. The summed E-state index contributed by atoms with van der Waals surface area (Å²) in [5, 5.41) is 9.58. The van der Waals surface area contributed by atoms with Crippen molar-refractivity contribution in [2.75, 3.05) is 25.6 Å². The van der Waals surface area contributed by atoms with Crippen LogP contribution in [0.25, 0.3) is 0 Å². The van der Waals surface area contributed by atoms with Gasteiger partial charge in [0.25, 0.3) is 0 Å². The molecule has 0 aromatic heterocycles. The quantitative estimate of drug-likeness (QED) is 0.699. The highest BCUT2D eigenvalue weighted by molar-refractivity contribution is 7.89. The van der Waals surface area contributed by atoms with Crippen molar-refractivity contribution >= 4 is 15.7 Å². The number of benzene rings is 1. The van der Waals surface area contributed by atoms with Crippen LogP contribution in [0, 0.1) is 6.92 Å². The smallest absolute Gasteiger partial charge is 0.243 e. The Hall–Kier alpha value is -1.15. The fourth-order valence-corrected chi connectivity index (χ4v) is 4.24. The highest BCUT2D eigenvalue weighted by Gasteiger charge is 2.37. The molecule has 1 aromatic rings. The first-order chi connectivity index (χ1) is 9.40. The number of anilines is 1. The minimum atomic E-state index is -3.78. The summed E-state index contributed by atoms with van der Waals surface area (Å²) in [5.41, 5.74) is 5.71. The van der Waals surface area contributed by atoms with Crippen LogP contribution in [-0.4, -0.2) is 38.9 Å². The van der Waals surface area contributed by atoms with Crippen LogP contribution in [0.5, 0.6) is 0 Å². The summed E-state index contributed by atoms with van der Waals surface area (Å²) in [6.07, 6.45) is 0.878. The number of aliphatic hydroxyl groups is 1. The molecule has 112 valence electrons. The molecular formula is C13H20N2O4S. The molecule has 2 rings (SSSR count). The summed E-state index contributed by atoms with van der Waals surface area (Å²) < 4.78 is 33.0. The van der Waals surface area contributed by atoms with Crippen molar-refractivity contribution < 1.29 is 18.3 Å². The largest absolute Gasteiger partial charge is 0.398 e. The SMILES string of the molecule is Cc1cccc(N)c1S(=O)(=O)NC1(CO)CCOCC1. The van der Waals surface area contributed by atoms with Gasteiger partial charge in [0.1, 0.15) is 4.90 Å². The Bertz CT molecular complexity index is 560. The monoisotopic (exact) mass is 300 g/mol. The van der Waals surface area contributed by atoms with E-state index in [9.17, 15) is 13.5 Å². The number of aryl methyl sites for hydroxylation is 1. The van der Waals surface area contributed by atoms with Gasteiger partial charge < -0.3 is 15.6 Å². The fourth-order valence-electron chi connectivity index (χ4n) is 2.43. The molecule has 20 heavy (non-hydrogen) atoms. The van der Waals surface area contributed by atoms with E-state index in [-0.39, 0.29) is 17.2 Å². The molecule has 0 amide bonds. The number of aliphatic hydroxyl groups excluding tert-OH is 1. The van der Waals surface area contributed by atoms with Crippen molar-refractivity contribution in [3.63, 3.8) is 0 Å². The van der Waals surface area contributed by atoms with E-state index in [2.05, 4.69) is 4.72 Å². The minimum absolute atomic E-state index is 0.0827. The van der Waals surface area contributed by atoms with Gasteiger partial charge in [-0.1, -0.05) is 12.1 Å². The third-order valence-electron chi connectivity index (χ3n) is 3.61. The molecule has 1 saturated heterocycles. The first-order valence-corrected chi connectivity index (χ1v) is 7.96. The lowest BCUT2D eigenvalue weighted by Crippen LogP contribution is -2.54. The second kappa shape index (κ2) is 5.69. The van der Waals surface area contributed by atoms with Gasteiger partial charge in [0, 0.05) is 13.2 Å². The Morgan fingerprint density at radius 2 is 2.05 bits per heavy atom. The number of hydrogen-bond acceptors (Lipinski definition) is 5. The second-order valence-corrected chi connectivity index (χ2v) is 6.77. The summed E-state index contributed by atoms with van der Waals surface area (Å²) in [4.78, 5) is 0.0827. The first-order valence-electron chi connectivity index (χ1n) is 6.48. The Labute approximate surface area is 119 Å². The van der Waals surface area contributed by atoms with Crippen molar-refractivity contribution in [1.82, 2.24) is 4.72 Å². The number of rotatable bonds is 4. The van der Waals surface area contributed by atoms with Gasteiger partial charge >= 0.3 is 0 Å². The van der Waals surface area contributed by atoms with E-state index in [0.29, 0.717) is 31.6 Å². The average molecular weight is 300 g/mol. The van der Waals surface area contributed by atoms with E-state index in [1.54, 1.807) is 25.1 Å². The molecule has 0 radical (unpaired) electrons. The van der Waals surface area contributed by atoms with Crippen LogP contribution < -0.4 is 10.5 Å². The topological polar surface area (TPSA) is 102 Å². The number of ether oxygens (including phenoxy) is 1. The zero-order valence-corrected chi connectivity index (χ0v) is 12.2. The molecule has 1 heterocycles. The minimum Gasteiger partial charge on any atom is -0.398 e. The highest BCUT2D eigenvalue weighted by Crippen LogP contribution is 2.27. The zero-order valence-electron chi connectivity index (χ0n) is 11.4. The lowest BCUT2D eigenvalue weighted by atomic mass is 9.93. The Kier molecular flexibility index (Phi) is 4.33. The van der Waals surface area contributed by atoms with Gasteiger partial charge in [-0.05, 0) is 31.4 Å². The molecule has 0 atom stereocenters. The van der Waals surface area contributed by atoms with E-state index in [1.165, 1.54) is 0 Å². The second-order valence-electron chi connectivity index (χ2n) is 5.15. The summed E-state index contributed by atoms with van der Waals surface area (Å²) in [6.45, 7) is 2.28. The van der Waals surface area contributed by atoms with Crippen molar-refractivity contribution in [2.24, 2.45) is 0 Å². The van der Waals surface area contributed by atoms with Gasteiger partial charge in [-0.2, -0.15) is 0 Å². The third-order valence-corrected chi connectivity index (χ3v) is 5.41. The molecule has 1 aliphatic rings. The molecule has 0 aliphatic carbocycles. The van der Waals surface area contributed by atoms with E-state index in [0.717, 1.165) is 0 Å². The molecule has 0 spiro atoms. The number of nitrogens with one attached hydrogen (secondary N) is 1. The van der Waals surface area contributed by atoms with E-state index >= 15 is 0 Å². The predicted molar refractivity (Wildman–Crippen MR) is 75.8 cm³/mol. The molecule has 6 nitrogen and oxygen atoms in total. The third kappa shape index (κ3) is 2.95. The van der Waals surface area contributed by atoms with Crippen molar-refractivity contribution in [3.05, 3.63) is 23.8 Å². The number of hydrogen-bond donors (Lipinski definition) is 3. The van der Waals surface area contributed by atoms with Crippen LogP contribution in [0.15, 0.2) is 23.1 Å².